The van der Waals surface area contributed by atoms with E-state index in [1.807, 2.05) is 48.6 Å². The highest BCUT2D eigenvalue weighted by Gasteiger charge is 2.03. The van der Waals surface area contributed by atoms with Gasteiger partial charge in [0.05, 0.1) is 0 Å². The van der Waals surface area contributed by atoms with Crippen LogP contribution < -0.4 is 10.5 Å². The first-order valence-corrected chi connectivity index (χ1v) is 6.78. The summed E-state index contributed by atoms with van der Waals surface area (Å²) in [5.74, 6) is 0.586. The second-order valence-corrected chi connectivity index (χ2v) is 4.86. The predicted molar refractivity (Wildman–Crippen MR) is 80.8 cm³/mol. The largest absolute Gasteiger partial charge is 0.473 e. The molecular formula is C15H15BrN2O. The van der Waals surface area contributed by atoms with E-state index in [0.29, 0.717) is 19.0 Å². The Morgan fingerprint density at radius 3 is 2.79 bits per heavy atom. The molecule has 98 valence electrons. The number of hydrogen-bond acceptors (Lipinski definition) is 3. The second-order valence-electron chi connectivity index (χ2n) is 3.95. The van der Waals surface area contributed by atoms with Crippen molar-refractivity contribution in [3.05, 3.63) is 64.3 Å². The van der Waals surface area contributed by atoms with Gasteiger partial charge < -0.3 is 10.5 Å². The van der Waals surface area contributed by atoms with Gasteiger partial charge in [-0.25, -0.2) is 4.98 Å². The zero-order valence-corrected chi connectivity index (χ0v) is 12.0. The summed E-state index contributed by atoms with van der Waals surface area (Å²) in [6.07, 6.45) is 5.68. The molecular weight excluding hydrogens is 304 g/mol. The standard InChI is InChI=1S/C15H15BrN2O/c16-14-9-13(10-17)15(18-11-14)19-8-4-7-12-5-2-1-3-6-12/h1-7,9,11H,8,10,17H2. The summed E-state index contributed by atoms with van der Waals surface area (Å²) in [6, 6.07) is 12.0. The average Bonchev–Trinajstić information content (AvgIpc) is 2.46. The van der Waals surface area contributed by atoms with Gasteiger partial charge >= 0.3 is 0 Å². The van der Waals surface area contributed by atoms with Crippen molar-refractivity contribution in [2.45, 2.75) is 6.54 Å². The molecule has 2 aromatic rings. The van der Waals surface area contributed by atoms with Crippen molar-refractivity contribution < 1.29 is 4.74 Å². The number of benzene rings is 1. The monoisotopic (exact) mass is 318 g/mol. The summed E-state index contributed by atoms with van der Waals surface area (Å²) in [6.45, 7) is 0.876. The van der Waals surface area contributed by atoms with Crippen molar-refractivity contribution >= 4 is 22.0 Å². The van der Waals surface area contributed by atoms with E-state index in [1.54, 1.807) is 6.20 Å². The summed E-state index contributed by atoms with van der Waals surface area (Å²) >= 11 is 3.36. The Morgan fingerprint density at radius 1 is 1.26 bits per heavy atom. The molecule has 0 fully saturated rings. The van der Waals surface area contributed by atoms with E-state index in [-0.39, 0.29) is 0 Å². The van der Waals surface area contributed by atoms with Crippen LogP contribution in [0.1, 0.15) is 11.1 Å². The molecule has 2 N–H and O–H groups in total. The molecule has 0 spiro atoms. The van der Waals surface area contributed by atoms with Gasteiger partial charge in [0, 0.05) is 22.8 Å². The predicted octanol–water partition coefficient (Wildman–Crippen LogP) is 3.40. The van der Waals surface area contributed by atoms with Crippen molar-refractivity contribution in [1.29, 1.82) is 0 Å². The first kappa shape index (κ1) is 13.8. The van der Waals surface area contributed by atoms with Crippen LogP contribution in [-0.4, -0.2) is 11.6 Å². The maximum Gasteiger partial charge on any atom is 0.218 e. The van der Waals surface area contributed by atoms with E-state index in [0.717, 1.165) is 15.6 Å². The van der Waals surface area contributed by atoms with Crippen LogP contribution in [-0.2, 0) is 6.54 Å². The van der Waals surface area contributed by atoms with Crippen molar-refractivity contribution in [1.82, 2.24) is 4.98 Å². The van der Waals surface area contributed by atoms with Crippen LogP contribution in [0.4, 0.5) is 0 Å². The fraction of sp³-hybridized carbons (Fsp3) is 0.133. The van der Waals surface area contributed by atoms with E-state index in [4.69, 9.17) is 10.5 Å². The van der Waals surface area contributed by atoms with Gasteiger partial charge in [0.25, 0.3) is 0 Å². The number of nitrogens with two attached hydrogens (primary N) is 1. The van der Waals surface area contributed by atoms with Crippen molar-refractivity contribution in [3.8, 4) is 5.88 Å². The quantitative estimate of drug-likeness (QED) is 0.919. The van der Waals surface area contributed by atoms with E-state index < -0.39 is 0 Å². The molecule has 0 bridgehead atoms. The smallest absolute Gasteiger partial charge is 0.218 e. The third-order valence-electron chi connectivity index (χ3n) is 2.54. The SMILES string of the molecule is NCc1cc(Br)cnc1OCC=Cc1ccccc1. The van der Waals surface area contributed by atoms with Crippen molar-refractivity contribution in [2.75, 3.05) is 6.61 Å². The fourth-order valence-electron chi connectivity index (χ4n) is 1.62. The lowest BCUT2D eigenvalue weighted by atomic mass is 10.2. The third kappa shape index (κ3) is 4.19. The first-order chi connectivity index (χ1) is 9.29. The molecule has 0 radical (unpaired) electrons. The number of hydrogen-bond donors (Lipinski definition) is 1. The summed E-state index contributed by atoms with van der Waals surface area (Å²) in [5.41, 5.74) is 7.69. The minimum absolute atomic E-state index is 0.407. The molecule has 0 saturated heterocycles. The van der Waals surface area contributed by atoms with E-state index in [1.165, 1.54) is 0 Å². The lowest BCUT2D eigenvalue weighted by Gasteiger charge is -2.07. The molecule has 19 heavy (non-hydrogen) atoms. The van der Waals surface area contributed by atoms with Crippen LogP contribution in [0.25, 0.3) is 6.08 Å². The Morgan fingerprint density at radius 2 is 2.05 bits per heavy atom. The molecule has 0 amide bonds. The Bertz CT molecular complexity index is 555. The Hall–Kier alpha value is -1.65. The van der Waals surface area contributed by atoms with Gasteiger partial charge in [0.1, 0.15) is 6.61 Å². The number of ether oxygens (including phenoxy) is 1. The molecule has 0 aliphatic carbocycles. The van der Waals surface area contributed by atoms with Crippen molar-refractivity contribution in [2.24, 2.45) is 5.73 Å². The molecule has 1 aromatic heterocycles. The van der Waals surface area contributed by atoms with Crippen LogP contribution in [0, 0.1) is 0 Å². The maximum absolute atomic E-state index is 5.66. The lowest BCUT2D eigenvalue weighted by molar-refractivity contribution is 0.344. The van der Waals surface area contributed by atoms with Crippen LogP contribution in [0.3, 0.4) is 0 Å². The highest BCUT2D eigenvalue weighted by molar-refractivity contribution is 9.10. The van der Waals surface area contributed by atoms with Gasteiger partial charge in [-0.2, -0.15) is 0 Å². The highest BCUT2D eigenvalue weighted by atomic mass is 79.9. The Kier molecular flexibility index (Phi) is 5.12. The number of aromatic nitrogens is 1. The van der Waals surface area contributed by atoms with E-state index >= 15 is 0 Å². The number of nitrogens with zero attached hydrogens (tertiary/aromatic N) is 1. The molecule has 0 atom stereocenters. The van der Waals surface area contributed by atoms with E-state index in [2.05, 4.69) is 20.9 Å². The highest BCUT2D eigenvalue weighted by Crippen LogP contribution is 2.19. The molecule has 0 saturated carbocycles. The number of halogens is 1. The second kappa shape index (κ2) is 7.07. The fourth-order valence-corrected chi connectivity index (χ4v) is 2.00. The summed E-state index contributed by atoms with van der Waals surface area (Å²) in [7, 11) is 0. The Balaban J connectivity index is 1.94. The van der Waals surface area contributed by atoms with Gasteiger partial charge in [-0.1, -0.05) is 36.4 Å². The molecule has 4 heteroatoms. The van der Waals surface area contributed by atoms with Gasteiger partial charge in [0.15, 0.2) is 0 Å². The summed E-state index contributed by atoms with van der Waals surface area (Å²) in [5, 5.41) is 0. The summed E-state index contributed by atoms with van der Waals surface area (Å²) in [4.78, 5) is 4.21. The molecule has 0 unspecified atom stereocenters. The minimum Gasteiger partial charge on any atom is -0.473 e. The zero-order chi connectivity index (χ0) is 13.5. The van der Waals surface area contributed by atoms with Gasteiger partial charge in [-0.15, -0.1) is 0 Å². The lowest BCUT2D eigenvalue weighted by Crippen LogP contribution is -2.04. The van der Waals surface area contributed by atoms with Gasteiger partial charge in [0.2, 0.25) is 5.88 Å². The van der Waals surface area contributed by atoms with E-state index in [9.17, 15) is 0 Å². The number of pyridine rings is 1. The zero-order valence-electron chi connectivity index (χ0n) is 10.4. The maximum atomic E-state index is 5.66. The minimum atomic E-state index is 0.407. The molecule has 3 nitrogen and oxygen atoms in total. The van der Waals surface area contributed by atoms with Gasteiger partial charge in [-0.05, 0) is 33.6 Å². The Labute approximate surface area is 121 Å². The molecule has 1 heterocycles. The van der Waals surface area contributed by atoms with Gasteiger partial charge in [-0.3, -0.25) is 0 Å². The van der Waals surface area contributed by atoms with Crippen LogP contribution in [0.15, 0.2) is 53.1 Å². The van der Waals surface area contributed by atoms with Crippen LogP contribution in [0.5, 0.6) is 5.88 Å². The molecule has 1 aromatic carbocycles. The summed E-state index contributed by atoms with van der Waals surface area (Å²) < 4.78 is 6.51. The topological polar surface area (TPSA) is 48.1 Å². The molecule has 0 aliphatic heterocycles. The van der Waals surface area contributed by atoms with Crippen LogP contribution in [0.2, 0.25) is 0 Å². The van der Waals surface area contributed by atoms with Crippen molar-refractivity contribution in [3.63, 3.8) is 0 Å². The molecule has 2 rings (SSSR count). The molecule has 0 aliphatic rings. The third-order valence-corrected chi connectivity index (χ3v) is 2.97. The number of rotatable bonds is 5. The first-order valence-electron chi connectivity index (χ1n) is 5.98. The average molecular weight is 319 g/mol. The normalized spacial score (nSPS) is 10.8. The van der Waals surface area contributed by atoms with Crippen LogP contribution >= 0.6 is 15.9 Å².